The predicted molar refractivity (Wildman–Crippen MR) is 516 cm³/mol. The Morgan fingerprint density at radius 3 is 1.04 bits per heavy atom. The summed E-state index contributed by atoms with van der Waals surface area (Å²) in [5.41, 5.74) is 28.9. The maximum atomic E-state index is 10.0. The zero-order valence-electron chi connectivity index (χ0n) is 76.9. The number of hydrogen-bond acceptors (Lipinski definition) is 2. The lowest BCUT2D eigenvalue weighted by Crippen LogP contribution is -2.61. The number of para-hydroxylation sites is 5. The number of aromatic nitrogens is 4. The van der Waals surface area contributed by atoms with Crippen LogP contribution in [-0.4, -0.2) is 25.0 Å². The lowest BCUT2D eigenvalue weighted by atomic mass is 9.33. The van der Waals surface area contributed by atoms with Gasteiger partial charge in [-0.1, -0.05) is 299 Å². The first-order valence-corrected chi connectivity index (χ1v) is 42.0. The van der Waals surface area contributed by atoms with Crippen molar-refractivity contribution in [1.29, 1.82) is 0 Å². The smallest absolute Gasteiger partial charge is 0.252 e. The molecule has 21 aromatic rings. The maximum Gasteiger partial charge on any atom is 0.252 e. The van der Waals surface area contributed by atoms with Crippen LogP contribution in [0.1, 0.15) is 90.0 Å². The normalized spacial score (nSPS) is 13.9. The molecule has 0 fully saturated rings. The largest absolute Gasteiger partial charge is 0.311 e. The van der Waals surface area contributed by atoms with Gasteiger partial charge in [0.15, 0.2) is 0 Å². The molecule has 121 heavy (non-hydrogen) atoms. The minimum atomic E-state index is -0.578. The van der Waals surface area contributed by atoms with Crippen LogP contribution in [0.5, 0.6) is 0 Å². The molecule has 4 aromatic heterocycles. The zero-order chi connectivity index (χ0) is 88.4. The van der Waals surface area contributed by atoms with Gasteiger partial charge in [0.2, 0.25) is 0 Å². The molecule has 0 radical (unpaired) electrons. The van der Waals surface area contributed by atoms with Crippen molar-refractivity contribution in [2.24, 2.45) is 0 Å². The van der Waals surface area contributed by atoms with Crippen molar-refractivity contribution in [2.75, 3.05) is 9.80 Å². The van der Waals surface area contributed by atoms with E-state index in [4.69, 9.17) is 0 Å². The molecule has 7 heteroatoms. The van der Waals surface area contributed by atoms with Crippen LogP contribution in [0.4, 0.5) is 34.1 Å². The molecule has 2 aliphatic heterocycles. The molecule has 0 spiro atoms. The van der Waals surface area contributed by atoms with Gasteiger partial charge in [-0.05, 0) is 222 Å². The molecule has 0 saturated heterocycles. The molecule has 0 bridgehead atoms. The molecule has 0 aliphatic carbocycles. The second-order valence-corrected chi connectivity index (χ2v) is 35.9. The fourth-order valence-electron chi connectivity index (χ4n) is 19.7. The van der Waals surface area contributed by atoms with Crippen molar-refractivity contribution in [1.82, 2.24) is 18.3 Å². The van der Waals surface area contributed by atoms with Gasteiger partial charge in [0.05, 0.1) is 66.5 Å². The van der Waals surface area contributed by atoms with Gasteiger partial charge in [0.25, 0.3) is 6.71 Å². The van der Waals surface area contributed by atoms with Crippen LogP contribution in [0.25, 0.3) is 154 Å². The molecular formula is C114H89BN6. The lowest BCUT2D eigenvalue weighted by molar-refractivity contribution is 0.590. The summed E-state index contributed by atoms with van der Waals surface area (Å²) in [5.74, 6) is 0. The minimum Gasteiger partial charge on any atom is -0.311 e. The van der Waals surface area contributed by atoms with Crippen molar-refractivity contribution in [3.8, 4) is 67.3 Å². The van der Waals surface area contributed by atoms with Crippen LogP contribution in [0.15, 0.2) is 376 Å². The molecule has 0 atom stereocenters. The quantitative estimate of drug-likeness (QED) is 0.128. The number of hydrogen-bond donors (Lipinski definition) is 0. The highest BCUT2D eigenvalue weighted by Gasteiger charge is 2.46. The average Bonchev–Trinajstić information content (AvgIpc) is 1.48. The van der Waals surface area contributed by atoms with Gasteiger partial charge in [-0.15, -0.1) is 0 Å². The Bertz CT molecular complexity index is 8040. The Balaban J connectivity index is 0.908. The van der Waals surface area contributed by atoms with Gasteiger partial charge in [-0.25, -0.2) is 0 Å². The van der Waals surface area contributed by atoms with Gasteiger partial charge in [0.1, 0.15) is 0 Å². The van der Waals surface area contributed by atoms with Crippen LogP contribution in [0.2, 0.25) is 0 Å². The maximum absolute atomic E-state index is 10.0. The molecule has 17 aromatic carbocycles. The molecule has 2 aliphatic rings. The Morgan fingerprint density at radius 1 is 0.231 bits per heavy atom. The van der Waals surface area contributed by atoms with Gasteiger partial charge in [0, 0.05) is 99.7 Å². The monoisotopic (exact) mass is 1560 g/mol. The molecule has 23 rings (SSSR count). The highest BCUT2D eigenvalue weighted by Crippen LogP contribution is 2.55. The molecule has 6 nitrogen and oxygen atoms in total. The number of rotatable bonds is 10. The fraction of sp³-hybridized carbons (Fsp3) is 0.105. The van der Waals surface area contributed by atoms with E-state index >= 15 is 0 Å². The van der Waals surface area contributed by atoms with Crippen LogP contribution < -0.4 is 26.2 Å². The third-order valence-corrected chi connectivity index (χ3v) is 25.6. The summed E-state index contributed by atoms with van der Waals surface area (Å²) in [7, 11) is 0. The van der Waals surface area contributed by atoms with E-state index in [1.165, 1.54) is 27.5 Å². The third-order valence-electron chi connectivity index (χ3n) is 25.6. The molecular weight excluding hydrogens is 1460 g/mol. The number of fused-ring (bicyclic) bond motifs is 16. The van der Waals surface area contributed by atoms with E-state index in [0.717, 1.165) is 167 Å². The van der Waals surface area contributed by atoms with Gasteiger partial charge < -0.3 is 28.1 Å². The van der Waals surface area contributed by atoms with Crippen LogP contribution in [0.3, 0.4) is 0 Å². The Hall–Kier alpha value is -14.4. The van der Waals surface area contributed by atoms with Crippen molar-refractivity contribution >= 4 is 144 Å². The van der Waals surface area contributed by atoms with Crippen molar-refractivity contribution in [3.63, 3.8) is 0 Å². The summed E-state index contributed by atoms with van der Waals surface area (Å²) in [6.07, 6.45) is 0. The van der Waals surface area contributed by atoms with Gasteiger partial charge >= 0.3 is 0 Å². The highest BCUT2D eigenvalue weighted by molar-refractivity contribution is 7.00. The van der Waals surface area contributed by atoms with Crippen molar-refractivity contribution in [3.05, 3.63) is 393 Å². The SMILES string of the molecule is [2H]c1c([2H])c([2H])c2c(c1[2H])c1c([2H])c([2H])c([2H])c([2H])c1n2-c1ccc2c(c1)N(c1cc(-c3ccccc3)cc(-c3ccccc3)c1)c1cc(-n3c4ccc(C(C)(C)C)cc4c4cc(C(C)(C)C)ccc43)cc3c1B2c1ccc(-n2c4ccccc4c4cc(-n5c6ccccc6c6ccccc65)ccc42)cc1N3c1c(-c2ccccc2)cc(C(C)(C)C)cc1-c1ccccc1. The summed E-state index contributed by atoms with van der Waals surface area (Å²) in [6, 6.07) is 117. The molecule has 0 N–H and O–H groups in total. The zero-order valence-corrected chi connectivity index (χ0v) is 68.9. The van der Waals surface area contributed by atoms with E-state index in [0.29, 0.717) is 5.69 Å². The Morgan fingerprint density at radius 2 is 0.579 bits per heavy atom. The van der Waals surface area contributed by atoms with Crippen molar-refractivity contribution in [2.45, 2.75) is 78.6 Å². The summed E-state index contributed by atoms with van der Waals surface area (Å²) in [6.45, 7) is 20.1. The number of anilines is 6. The summed E-state index contributed by atoms with van der Waals surface area (Å²) >= 11 is 0. The van der Waals surface area contributed by atoms with Crippen LogP contribution in [-0.2, 0) is 16.2 Å². The molecule has 578 valence electrons. The highest BCUT2D eigenvalue weighted by atomic mass is 15.2. The first kappa shape index (κ1) is 63.7. The van der Waals surface area contributed by atoms with Crippen LogP contribution >= 0.6 is 0 Å². The molecule has 0 amide bonds. The predicted octanol–water partition coefficient (Wildman–Crippen LogP) is 28.7. The van der Waals surface area contributed by atoms with Gasteiger partial charge in [-0.2, -0.15) is 0 Å². The summed E-state index contributed by atoms with van der Waals surface area (Å²) in [5, 5.41) is 6.84. The molecule has 0 saturated carbocycles. The van der Waals surface area contributed by atoms with Gasteiger partial charge in [-0.3, -0.25) is 0 Å². The second kappa shape index (κ2) is 27.1. The summed E-state index contributed by atoms with van der Waals surface area (Å²) < 4.78 is 85.7. The first-order chi connectivity index (χ1) is 62.2. The van der Waals surface area contributed by atoms with E-state index in [9.17, 15) is 11.0 Å². The fourth-order valence-corrected chi connectivity index (χ4v) is 19.7. The van der Waals surface area contributed by atoms with Crippen LogP contribution in [0, 0.1) is 0 Å². The number of benzene rings is 17. The first-order valence-electron chi connectivity index (χ1n) is 46.0. The van der Waals surface area contributed by atoms with E-state index in [1.54, 1.807) is 4.57 Å². The Labute approximate surface area is 717 Å². The number of nitrogens with zero attached hydrogens (tertiary/aromatic N) is 6. The third kappa shape index (κ3) is 11.4. The topological polar surface area (TPSA) is 26.2 Å². The van der Waals surface area contributed by atoms with E-state index < -0.39 is 43.0 Å². The standard InChI is InChI=1S/C114H89BN6/c1-112(2,3)78-50-57-103-93(63-78)94-64-79(113(4,5)6)51-58-104(94)119(103)85-70-108-110-109(71-85)121(111-91(74-36-18-12-19-37-74)65-80(114(7,8)9)66-92(111)75-38-20-13-21-39-75)107-69-83(118-102-49-31-26-44-90(102)95-67-81(54-59-105(95)118)116-98-45-27-22-40-86(98)87-41-23-28-46-99(87)116)53-56-97(107)115(110)96-55-52-82(117-100-47-29-24-42-88(100)89-43-25-30-48-101(89)117)68-106(96)120(108)84-61-76(72-32-14-10-15-33-72)60-77(62-84)73-34-16-11-17-35-73/h10-71H,1-9H3/i24D,25D,29D,30D,42D,43D,47D,48D. The van der Waals surface area contributed by atoms with E-state index in [-0.39, 0.29) is 50.1 Å². The Kier molecular flexibility index (Phi) is 14.3. The van der Waals surface area contributed by atoms with E-state index in [1.807, 2.05) is 18.2 Å². The minimum absolute atomic E-state index is 0.0000929. The van der Waals surface area contributed by atoms with E-state index in [2.05, 4.69) is 395 Å². The molecule has 0 unspecified atom stereocenters. The second-order valence-electron chi connectivity index (χ2n) is 35.9. The lowest BCUT2D eigenvalue weighted by Gasteiger charge is -2.45. The summed E-state index contributed by atoms with van der Waals surface area (Å²) in [4.78, 5) is 5.04. The molecule has 6 heterocycles. The average molecular weight is 1560 g/mol. The van der Waals surface area contributed by atoms with Crippen molar-refractivity contribution < 1.29 is 11.0 Å².